The topological polar surface area (TPSA) is 134 Å². The number of esters is 2. The van der Waals surface area contributed by atoms with E-state index in [1.165, 1.54) is 103 Å². The molecule has 0 aliphatic carbocycles. The fourth-order valence-electron chi connectivity index (χ4n) is 5.75. The molecule has 0 radical (unpaired) electrons. The molecule has 8 nitrogen and oxygen atoms in total. The van der Waals surface area contributed by atoms with Crippen LogP contribution in [0.5, 0.6) is 0 Å². The lowest BCUT2D eigenvalue weighted by atomic mass is 10.1. The van der Waals surface area contributed by atoms with Crippen LogP contribution in [0, 0.1) is 0 Å². The van der Waals surface area contributed by atoms with Crippen LogP contribution in [-0.2, 0) is 19.1 Å². The molecule has 0 bridgehead atoms. The van der Waals surface area contributed by atoms with E-state index in [-0.39, 0.29) is 44.8 Å². The van der Waals surface area contributed by atoms with Gasteiger partial charge in [-0.15, -0.1) is 0 Å². The first-order valence-corrected chi connectivity index (χ1v) is 21.6. The summed E-state index contributed by atoms with van der Waals surface area (Å²) < 4.78 is 10.3. The van der Waals surface area contributed by atoms with Crippen LogP contribution < -0.4 is 0 Å². The van der Waals surface area contributed by atoms with Crippen molar-refractivity contribution in [3.63, 3.8) is 0 Å². The Morgan fingerprint density at radius 2 is 0.660 bits per heavy atom. The summed E-state index contributed by atoms with van der Waals surface area (Å²) in [4.78, 5) is 23.1. The van der Waals surface area contributed by atoms with Gasteiger partial charge in [-0.25, -0.2) is 0 Å². The van der Waals surface area contributed by atoms with E-state index in [2.05, 4.69) is 24.3 Å². The molecule has 2 atom stereocenters. The maximum absolute atomic E-state index is 11.6. The lowest BCUT2D eigenvalue weighted by molar-refractivity contribution is -0.152. The van der Waals surface area contributed by atoms with Crippen LogP contribution in [0.1, 0.15) is 214 Å². The molecule has 0 aromatic carbocycles. The van der Waals surface area contributed by atoms with E-state index in [9.17, 15) is 9.59 Å². The first kappa shape index (κ1) is 55.6. The molecule has 0 amide bonds. The summed E-state index contributed by atoms with van der Waals surface area (Å²) in [5.74, 6) is -0.357. The minimum atomic E-state index is -0.333. The molecule has 0 heterocycles. The van der Waals surface area contributed by atoms with Gasteiger partial charge in [0, 0.05) is 26.1 Å². The minimum Gasteiger partial charge on any atom is -0.460 e. The third-order valence-electron chi connectivity index (χ3n) is 9.31. The Morgan fingerprint density at radius 1 is 0.415 bits per heavy atom. The monoisotopic (exact) mass is 757 g/mol. The van der Waals surface area contributed by atoms with Gasteiger partial charge >= 0.3 is 11.9 Å². The summed E-state index contributed by atoms with van der Waals surface area (Å²) in [5.41, 5.74) is 0. The van der Waals surface area contributed by atoms with Gasteiger partial charge in [0.1, 0.15) is 12.2 Å². The Bertz CT molecular complexity index is 712. The molecule has 0 saturated heterocycles. The maximum atomic E-state index is 11.6. The quantitative estimate of drug-likeness (QED) is 0.0278. The molecule has 8 heteroatoms. The Labute approximate surface area is 327 Å². The number of aliphatic hydroxyl groups excluding tert-OH is 4. The molecule has 0 fully saturated rings. The van der Waals surface area contributed by atoms with Gasteiger partial charge in [-0.05, 0) is 89.9 Å². The molecule has 0 aromatic heterocycles. The molecule has 316 valence electrons. The average Bonchev–Trinajstić information content (AvgIpc) is 3.15. The summed E-state index contributed by atoms with van der Waals surface area (Å²) in [6.45, 7) is 4.31. The zero-order chi connectivity index (χ0) is 38.6. The maximum Gasteiger partial charge on any atom is 0.306 e. The second kappa shape index (κ2) is 48.3. The number of hydrogen-bond acceptors (Lipinski definition) is 8. The van der Waals surface area contributed by atoms with E-state index in [0.717, 1.165) is 64.2 Å². The van der Waals surface area contributed by atoms with Gasteiger partial charge < -0.3 is 29.9 Å². The summed E-state index contributed by atoms with van der Waals surface area (Å²) in [7, 11) is 0. The van der Waals surface area contributed by atoms with Gasteiger partial charge in [0.05, 0.1) is 13.2 Å². The zero-order valence-corrected chi connectivity index (χ0v) is 33.9. The summed E-state index contributed by atoms with van der Waals surface area (Å²) in [6.07, 6.45) is 41.2. The van der Waals surface area contributed by atoms with E-state index in [1.54, 1.807) is 0 Å². The first-order chi connectivity index (χ1) is 25.5. The number of aliphatic hydroxyl groups is 4. The van der Waals surface area contributed by atoms with Crippen molar-refractivity contribution in [1.82, 2.24) is 0 Å². The summed E-state index contributed by atoms with van der Waals surface area (Å²) in [6, 6.07) is 0. The van der Waals surface area contributed by atoms with Crippen molar-refractivity contribution in [2.24, 2.45) is 0 Å². The highest BCUT2D eigenvalue weighted by Crippen LogP contribution is 2.13. The van der Waals surface area contributed by atoms with Gasteiger partial charge in [0.2, 0.25) is 0 Å². The Morgan fingerprint density at radius 3 is 0.906 bits per heavy atom. The van der Waals surface area contributed by atoms with Gasteiger partial charge in [-0.2, -0.15) is 0 Å². The number of rotatable bonds is 38. The van der Waals surface area contributed by atoms with Gasteiger partial charge in [-0.1, -0.05) is 135 Å². The van der Waals surface area contributed by atoms with E-state index < -0.39 is 0 Å². The van der Waals surface area contributed by atoms with Crippen molar-refractivity contribution in [2.75, 3.05) is 26.4 Å². The van der Waals surface area contributed by atoms with E-state index in [4.69, 9.17) is 29.9 Å². The lowest BCUT2D eigenvalue weighted by Gasteiger charge is -2.12. The van der Waals surface area contributed by atoms with Crippen LogP contribution >= 0.6 is 0 Å². The molecular formula is C45H88O8. The van der Waals surface area contributed by atoms with E-state index in [1.807, 2.05) is 13.8 Å². The van der Waals surface area contributed by atoms with Gasteiger partial charge in [-0.3, -0.25) is 9.59 Å². The van der Waals surface area contributed by atoms with Crippen LogP contribution in [0.15, 0.2) is 24.3 Å². The molecular weight excluding hydrogens is 668 g/mol. The predicted molar refractivity (Wildman–Crippen MR) is 223 cm³/mol. The first-order valence-electron chi connectivity index (χ1n) is 21.6. The molecule has 2 unspecified atom stereocenters. The van der Waals surface area contributed by atoms with Crippen molar-refractivity contribution < 1.29 is 39.5 Å². The predicted octanol–water partition coefficient (Wildman–Crippen LogP) is 11.3. The summed E-state index contributed by atoms with van der Waals surface area (Å²) in [5, 5.41) is 35.4. The number of hydrogen-bond donors (Lipinski definition) is 4. The normalized spacial score (nSPS) is 12.3. The minimum absolute atomic E-state index is 0. The number of unbranched alkanes of at least 4 members (excludes halogenated alkanes) is 22. The highest BCUT2D eigenvalue weighted by atomic mass is 16.6. The van der Waals surface area contributed by atoms with Crippen molar-refractivity contribution in [3.05, 3.63) is 24.3 Å². The van der Waals surface area contributed by atoms with Crippen molar-refractivity contribution in [1.29, 1.82) is 0 Å². The second-order valence-corrected chi connectivity index (χ2v) is 14.2. The van der Waals surface area contributed by atoms with Gasteiger partial charge in [0.25, 0.3) is 0 Å². The standard InChI is InChI=1S/2C22H42O4.CH4/c2*1-2-21(20-24)26-22(25)18-16-14-12-10-8-6-4-3-5-7-9-11-13-15-17-19-23;/h2*3-4,21,23-24H,2,5-20H2,1H3;1H4/b4-3+;4-3-;. The Balaban J connectivity index is -0.000000926. The Kier molecular flexibility index (Phi) is 50.6. The SMILES string of the molecule is C.CCC(CO)OC(=O)CCCCCCC/C=C/CCCCCCCCO.CCC(CO)OC(=O)CCCCCCC/C=C\CCCCCCCCO. The summed E-state index contributed by atoms with van der Waals surface area (Å²) >= 11 is 0. The van der Waals surface area contributed by atoms with Crippen LogP contribution in [0.25, 0.3) is 0 Å². The highest BCUT2D eigenvalue weighted by Gasteiger charge is 2.11. The molecule has 0 rings (SSSR count). The number of allylic oxidation sites excluding steroid dienone is 4. The smallest absolute Gasteiger partial charge is 0.306 e. The third-order valence-corrected chi connectivity index (χ3v) is 9.31. The number of carbonyl (C=O) groups excluding carboxylic acids is 2. The molecule has 0 aromatic rings. The van der Waals surface area contributed by atoms with Gasteiger partial charge in [0.15, 0.2) is 0 Å². The lowest BCUT2D eigenvalue weighted by Crippen LogP contribution is -2.20. The molecule has 0 aliphatic rings. The fraction of sp³-hybridized carbons (Fsp3) is 0.867. The van der Waals surface area contributed by atoms with Crippen LogP contribution in [0.4, 0.5) is 0 Å². The zero-order valence-electron chi connectivity index (χ0n) is 33.9. The van der Waals surface area contributed by atoms with Crippen LogP contribution in [-0.4, -0.2) is 71.0 Å². The van der Waals surface area contributed by atoms with Crippen molar-refractivity contribution >= 4 is 11.9 Å². The fourth-order valence-corrected chi connectivity index (χ4v) is 5.75. The van der Waals surface area contributed by atoms with Crippen molar-refractivity contribution in [2.45, 2.75) is 226 Å². The second-order valence-electron chi connectivity index (χ2n) is 14.2. The van der Waals surface area contributed by atoms with Crippen LogP contribution in [0.2, 0.25) is 0 Å². The molecule has 53 heavy (non-hydrogen) atoms. The van der Waals surface area contributed by atoms with E-state index in [0.29, 0.717) is 38.9 Å². The van der Waals surface area contributed by atoms with E-state index >= 15 is 0 Å². The highest BCUT2D eigenvalue weighted by molar-refractivity contribution is 5.69. The number of carbonyl (C=O) groups is 2. The number of ether oxygens (including phenoxy) is 2. The largest absolute Gasteiger partial charge is 0.460 e. The van der Waals surface area contributed by atoms with Crippen molar-refractivity contribution in [3.8, 4) is 0 Å². The average molecular weight is 757 g/mol. The van der Waals surface area contributed by atoms with Crippen LogP contribution in [0.3, 0.4) is 0 Å². The molecule has 4 N–H and O–H groups in total. The third kappa shape index (κ3) is 46.3. The molecule has 0 saturated carbocycles. The Hall–Kier alpha value is -1.74. The molecule has 0 aliphatic heterocycles. The molecule has 0 spiro atoms.